The number of aromatic nitrogens is 3. The lowest BCUT2D eigenvalue weighted by Gasteiger charge is -2.07. The average Bonchev–Trinajstić information content (AvgIpc) is 2.41. The predicted octanol–water partition coefficient (Wildman–Crippen LogP) is 2.69. The highest BCUT2D eigenvalue weighted by atomic mass is 32.2. The SMILES string of the molecule is CNc1nc(OC)nc(Sc2ccc(C)cc2C)n1. The molecule has 0 amide bonds. The summed E-state index contributed by atoms with van der Waals surface area (Å²) in [6, 6.07) is 6.60. The molecule has 2 rings (SSSR count). The Bertz CT molecular complexity index is 567. The highest BCUT2D eigenvalue weighted by Crippen LogP contribution is 2.29. The van der Waals surface area contributed by atoms with Gasteiger partial charge >= 0.3 is 6.01 Å². The van der Waals surface area contributed by atoms with E-state index in [2.05, 4.69) is 52.3 Å². The predicted molar refractivity (Wildman–Crippen MR) is 76.0 cm³/mol. The molecule has 19 heavy (non-hydrogen) atoms. The number of hydrogen-bond donors (Lipinski definition) is 1. The van der Waals surface area contributed by atoms with Crippen molar-refractivity contribution in [3.8, 4) is 6.01 Å². The average molecular weight is 276 g/mol. The molecule has 0 spiro atoms. The quantitative estimate of drug-likeness (QED) is 0.926. The molecular formula is C13H16N4OS. The molecule has 0 atom stereocenters. The van der Waals surface area contributed by atoms with Gasteiger partial charge in [0, 0.05) is 11.9 Å². The van der Waals surface area contributed by atoms with Gasteiger partial charge in [0.1, 0.15) is 0 Å². The van der Waals surface area contributed by atoms with Crippen molar-refractivity contribution in [2.75, 3.05) is 19.5 Å². The molecule has 100 valence electrons. The van der Waals surface area contributed by atoms with Gasteiger partial charge in [-0.05, 0) is 37.2 Å². The summed E-state index contributed by atoms with van der Waals surface area (Å²) in [6.45, 7) is 4.15. The van der Waals surface area contributed by atoms with Gasteiger partial charge in [0.2, 0.25) is 11.1 Å². The Hall–Kier alpha value is -1.82. The van der Waals surface area contributed by atoms with Crippen LogP contribution in [0.3, 0.4) is 0 Å². The molecule has 0 aliphatic carbocycles. The Morgan fingerprint density at radius 2 is 1.95 bits per heavy atom. The summed E-state index contributed by atoms with van der Waals surface area (Å²) < 4.78 is 5.07. The zero-order chi connectivity index (χ0) is 13.8. The number of hydrogen-bond acceptors (Lipinski definition) is 6. The molecule has 1 N–H and O–H groups in total. The van der Waals surface area contributed by atoms with Gasteiger partial charge in [0.15, 0.2) is 0 Å². The Morgan fingerprint density at radius 1 is 1.16 bits per heavy atom. The van der Waals surface area contributed by atoms with Gasteiger partial charge in [-0.15, -0.1) is 0 Å². The molecule has 0 saturated carbocycles. The van der Waals surface area contributed by atoms with Gasteiger partial charge in [-0.3, -0.25) is 0 Å². The lowest BCUT2D eigenvalue weighted by molar-refractivity contribution is 0.374. The van der Waals surface area contributed by atoms with Crippen molar-refractivity contribution < 1.29 is 4.74 Å². The third kappa shape index (κ3) is 3.35. The Morgan fingerprint density at radius 3 is 2.58 bits per heavy atom. The zero-order valence-electron chi connectivity index (χ0n) is 11.4. The minimum atomic E-state index is 0.312. The Labute approximate surface area is 116 Å². The molecule has 1 heterocycles. The van der Waals surface area contributed by atoms with Gasteiger partial charge < -0.3 is 10.1 Å². The Kier molecular flexibility index (Phi) is 4.21. The fourth-order valence-corrected chi connectivity index (χ4v) is 2.41. The highest BCUT2D eigenvalue weighted by Gasteiger charge is 2.09. The van der Waals surface area contributed by atoms with Crippen molar-refractivity contribution >= 4 is 17.7 Å². The van der Waals surface area contributed by atoms with E-state index < -0.39 is 0 Å². The second-order valence-corrected chi connectivity index (χ2v) is 5.06. The number of ether oxygens (including phenoxy) is 1. The third-order valence-electron chi connectivity index (χ3n) is 2.53. The second kappa shape index (κ2) is 5.88. The van der Waals surface area contributed by atoms with Crippen LogP contribution in [0.15, 0.2) is 28.3 Å². The van der Waals surface area contributed by atoms with E-state index in [0.717, 1.165) is 4.90 Å². The van der Waals surface area contributed by atoms with Crippen LogP contribution in [0, 0.1) is 13.8 Å². The topological polar surface area (TPSA) is 59.9 Å². The molecule has 0 radical (unpaired) electrons. The largest absolute Gasteiger partial charge is 0.467 e. The first-order valence-electron chi connectivity index (χ1n) is 5.85. The van der Waals surface area contributed by atoms with Crippen molar-refractivity contribution in [1.29, 1.82) is 0 Å². The van der Waals surface area contributed by atoms with Crippen molar-refractivity contribution in [3.63, 3.8) is 0 Å². The maximum atomic E-state index is 5.07. The summed E-state index contributed by atoms with van der Waals surface area (Å²) in [6.07, 6.45) is 0. The van der Waals surface area contributed by atoms with Gasteiger partial charge in [-0.2, -0.15) is 15.0 Å². The number of nitrogens with one attached hydrogen (secondary N) is 1. The summed E-state index contributed by atoms with van der Waals surface area (Å²) in [5.74, 6) is 0.499. The molecule has 5 nitrogen and oxygen atoms in total. The fraction of sp³-hybridized carbons (Fsp3) is 0.308. The molecule has 0 saturated heterocycles. The van der Waals surface area contributed by atoms with E-state index in [0.29, 0.717) is 17.1 Å². The number of rotatable bonds is 4. The lowest BCUT2D eigenvalue weighted by Crippen LogP contribution is -2.02. The molecule has 0 aliphatic heterocycles. The number of anilines is 1. The normalized spacial score (nSPS) is 10.3. The van der Waals surface area contributed by atoms with Crippen molar-refractivity contribution in [2.24, 2.45) is 0 Å². The summed E-state index contributed by atoms with van der Waals surface area (Å²) in [5, 5.41) is 3.51. The van der Waals surface area contributed by atoms with Crippen molar-refractivity contribution in [1.82, 2.24) is 15.0 Å². The van der Waals surface area contributed by atoms with Gasteiger partial charge in [0.25, 0.3) is 0 Å². The second-order valence-electron chi connectivity index (χ2n) is 4.05. The Balaban J connectivity index is 2.31. The van der Waals surface area contributed by atoms with Crippen LogP contribution in [0.5, 0.6) is 6.01 Å². The highest BCUT2D eigenvalue weighted by molar-refractivity contribution is 7.99. The van der Waals surface area contributed by atoms with Crippen LogP contribution in [0.4, 0.5) is 5.95 Å². The van der Waals surface area contributed by atoms with Crippen LogP contribution >= 0.6 is 11.8 Å². The van der Waals surface area contributed by atoms with Crippen LogP contribution in [-0.4, -0.2) is 29.1 Å². The third-order valence-corrected chi connectivity index (χ3v) is 3.58. The summed E-state index contributed by atoms with van der Waals surface area (Å²) in [4.78, 5) is 13.8. The maximum Gasteiger partial charge on any atom is 0.321 e. The standard InChI is InChI=1S/C13H16N4OS/c1-8-5-6-10(9(2)7-8)19-13-16-11(14-3)15-12(17-13)18-4/h5-7H,1-4H3,(H,14,15,16,17). The van der Waals surface area contributed by atoms with Crippen LogP contribution in [0.25, 0.3) is 0 Å². The van der Waals surface area contributed by atoms with E-state index in [4.69, 9.17) is 4.74 Å². The number of aryl methyl sites for hydroxylation is 2. The van der Waals surface area contributed by atoms with Gasteiger partial charge in [-0.1, -0.05) is 17.7 Å². The van der Waals surface area contributed by atoms with Crippen molar-refractivity contribution in [3.05, 3.63) is 29.3 Å². The summed E-state index contributed by atoms with van der Waals surface area (Å²) >= 11 is 1.50. The maximum absolute atomic E-state index is 5.07. The monoisotopic (exact) mass is 276 g/mol. The van der Waals surface area contributed by atoms with Gasteiger partial charge in [-0.25, -0.2) is 0 Å². The number of nitrogens with zero attached hydrogens (tertiary/aromatic N) is 3. The first kappa shape index (κ1) is 13.6. The van der Waals surface area contributed by atoms with E-state index in [1.807, 2.05) is 0 Å². The van der Waals surface area contributed by atoms with Crippen LogP contribution < -0.4 is 10.1 Å². The molecule has 2 aromatic rings. The van der Waals surface area contributed by atoms with Crippen LogP contribution in [-0.2, 0) is 0 Å². The summed E-state index contributed by atoms with van der Waals surface area (Å²) in [7, 11) is 3.31. The van der Waals surface area contributed by atoms with E-state index in [-0.39, 0.29) is 0 Å². The molecule has 0 unspecified atom stereocenters. The molecule has 0 bridgehead atoms. The molecule has 1 aromatic heterocycles. The minimum Gasteiger partial charge on any atom is -0.467 e. The van der Waals surface area contributed by atoms with Crippen molar-refractivity contribution in [2.45, 2.75) is 23.9 Å². The van der Waals surface area contributed by atoms with E-state index in [9.17, 15) is 0 Å². The molecule has 1 aromatic carbocycles. The van der Waals surface area contributed by atoms with E-state index >= 15 is 0 Å². The number of methoxy groups -OCH3 is 1. The molecule has 0 fully saturated rings. The minimum absolute atomic E-state index is 0.312. The summed E-state index contributed by atoms with van der Waals surface area (Å²) in [5.41, 5.74) is 2.45. The van der Waals surface area contributed by atoms with E-state index in [1.54, 1.807) is 14.2 Å². The number of benzene rings is 1. The molecular weight excluding hydrogens is 260 g/mol. The lowest BCUT2D eigenvalue weighted by atomic mass is 10.2. The molecule has 6 heteroatoms. The fourth-order valence-electron chi connectivity index (χ4n) is 1.60. The smallest absolute Gasteiger partial charge is 0.321 e. The van der Waals surface area contributed by atoms with Gasteiger partial charge in [0.05, 0.1) is 7.11 Å². The first-order valence-corrected chi connectivity index (χ1v) is 6.67. The molecule has 0 aliphatic rings. The zero-order valence-corrected chi connectivity index (χ0v) is 12.2. The van der Waals surface area contributed by atoms with Crippen LogP contribution in [0.1, 0.15) is 11.1 Å². The first-order chi connectivity index (χ1) is 9.12. The van der Waals surface area contributed by atoms with Crippen LogP contribution in [0.2, 0.25) is 0 Å². The van der Waals surface area contributed by atoms with E-state index in [1.165, 1.54) is 22.9 Å².